The average Bonchev–Trinajstić information content (AvgIpc) is 2.31. The summed E-state index contributed by atoms with van der Waals surface area (Å²) < 4.78 is 0. The topological polar surface area (TPSA) is 17.1 Å². The lowest BCUT2D eigenvalue weighted by atomic mass is 10.1. The van der Waals surface area contributed by atoms with Gasteiger partial charge in [-0.25, -0.2) is 0 Å². The van der Waals surface area contributed by atoms with Crippen LogP contribution in [0.15, 0.2) is 10.8 Å². The highest BCUT2D eigenvalue weighted by Crippen LogP contribution is 2.14. The van der Waals surface area contributed by atoms with Crippen LogP contribution in [0.2, 0.25) is 0 Å². The zero-order valence-electron chi connectivity index (χ0n) is 5.96. The van der Waals surface area contributed by atoms with Crippen molar-refractivity contribution in [1.29, 1.82) is 0 Å². The van der Waals surface area contributed by atoms with Crippen molar-refractivity contribution in [2.75, 3.05) is 0 Å². The van der Waals surface area contributed by atoms with Gasteiger partial charge in [-0.1, -0.05) is 0 Å². The predicted octanol–water partition coefficient (Wildman–Crippen LogP) is 2.19. The summed E-state index contributed by atoms with van der Waals surface area (Å²) in [6.45, 7) is 2.08. The zero-order chi connectivity index (χ0) is 7.40. The summed E-state index contributed by atoms with van der Waals surface area (Å²) in [6, 6.07) is 0. The minimum Gasteiger partial charge on any atom is -0.303 e. The fourth-order valence-electron chi connectivity index (χ4n) is 0.857. The summed E-state index contributed by atoms with van der Waals surface area (Å²) in [5.74, 6) is 0. The number of hydrogen-bond acceptors (Lipinski definition) is 2. The van der Waals surface area contributed by atoms with Crippen LogP contribution in [-0.2, 0) is 11.2 Å². The number of aldehydes is 1. The second kappa shape index (κ2) is 3.52. The van der Waals surface area contributed by atoms with Gasteiger partial charge >= 0.3 is 0 Å². The third-order valence-corrected chi connectivity index (χ3v) is 2.40. The number of carbonyl (C=O) groups is 1. The van der Waals surface area contributed by atoms with E-state index in [0.717, 1.165) is 12.7 Å². The molecular weight excluding hydrogens is 144 g/mol. The van der Waals surface area contributed by atoms with Gasteiger partial charge in [0.2, 0.25) is 0 Å². The first-order valence-corrected chi connectivity index (χ1v) is 4.24. The summed E-state index contributed by atoms with van der Waals surface area (Å²) in [5.41, 5.74) is 2.63. The Kier molecular flexibility index (Phi) is 2.63. The third-order valence-electron chi connectivity index (χ3n) is 1.49. The first-order valence-electron chi connectivity index (χ1n) is 3.30. The Hall–Kier alpha value is -0.630. The first-order chi connectivity index (χ1) is 4.84. The van der Waals surface area contributed by atoms with Gasteiger partial charge in [0.1, 0.15) is 6.29 Å². The summed E-state index contributed by atoms with van der Waals surface area (Å²) in [7, 11) is 0. The molecule has 0 unspecified atom stereocenters. The van der Waals surface area contributed by atoms with Crippen LogP contribution in [0.4, 0.5) is 0 Å². The van der Waals surface area contributed by atoms with Crippen molar-refractivity contribution in [3.05, 3.63) is 21.9 Å². The molecular formula is C8H10OS. The Morgan fingerprint density at radius 1 is 1.60 bits per heavy atom. The molecule has 0 amide bonds. The molecule has 1 rings (SSSR count). The Balaban J connectivity index is 2.56. The molecule has 1 heterocycles. The van der Waals surface area contributed by atoms with Crippen LogP contribution in [0.25, 0.3) is 0 Å². The van der Waals surface area contributed by atoms with Gasteiger partial charge in [0, 0.05) is 6.42 Å². The molecule has 1 nitrogen and oxygen atoms in total. The number of thiophene rings is 1. The molecule has 10 heavy (non-hydrogen) atoms. The molecule has 0 saturated heterocycles. The molecule has 1 aromatic rings. The maximum atomic E-state index is 10.0. The second-order valence-electron chi connectivity index (χ2n) is 2.29. The molecule has 0 bridgehead atoms. The Morgan fingerprint density at radius 3 is 2.90 bits per heavy atom. The van der Waals surface area contributed by atoms with Gasteiger partial charge < -0.3 is 4.79 Å². The zero-order valence-corrected chi connectivity index (χ0v) is 6.78. The van der Waals surface area contributed by atoms with Crippen molar-refractivity contribution in [3.8, 4) is 0 Å². The van der Waals surface area contributed by atoms with E-state index in [0.29, 0.717) is 6.42 Å². The molecule has 54 valence electrons. The Morgan fingerprint density at radius 2 is 2.40 bits per heavy atom. The van der Waals surface area contributed by atoms with Gasteiger partial charge in [-0.15, -0.1) is 0 Å². The predicted molar refractivity (Wildman–Crippen MR) is 43.4 cm³/mol. The maximum absolute atomic E-state index is 10.0. The van der Waals surface area contributed by atoms with E-state index in [-0.39, 0.29) is 0 Å². The molecule has 0 radical (unpaired) electrons. The quantitative estimate of drug-likeness (QED) is 0.610. The van der Waals surface area contributed by atoms with E-state index in [1.807, 2.05) is 0 Å². The largest absolute Gasteiger partial charge is 0.303 e. The molecule has 2 heteroatoms. The Bertz CT molecular complexity index is 215. The van der Waals surface area contributed by atoms with Crippen LogP contribution in [0.3, 0.4) is 0 Å². The number of aryl methyl sites for hydroxylation is 2. The van der Waals surface area contributed by atoms with Crippen LogP contribution in [-0.4, -0.2) is 6.29 Å². The lowest BCUT2D eigenvalue weighted by Crippen LogP contribution is -1.84. The smallest absolute Gasteiger partial charge is 0.120 e. The van der Waals surface area contributed by atoms with Crippen molar-refractivity contribution in [2.45, 2.75) is 19.8 Å². The van der Waals surface area contributed by atoms with Gasteiger partial charge in [-0.05, 0) is 35.2 Å². The van der Waals surface area contributed by atoms with Crippen LogP contribution < -0.4 is 0 Å². The highest BCUT2D eigenvalue weighted by molar-refractivity contribution is 7.08. The molecule has 0 aliphatic heterocycles. The molecule has 0 fully saturated rings. The molecule has 1 aromatic heterocycles. The summed E-state index contributed by atoms with van der Waals surface area (Å²) in [4.78, 5) is 10.0. The minimum atomic E-state index is 0.650. The fourth-order valence-corrected chi connectivity index (χ4v) is 1.75. The van der Waals surface area contributed by atoms with E-state index in [1.54, 1.807) is 11.3 Å². The molecule has 0 saturated carbocycles. The normalized spacial score (nSPS) is 9.70. The van der Waals surface area contributed by atoms with Gasteiger partial charge in [0.05, 0.1) is 0 Å². The van der Waals surface area contributed by atoms with Crippen LogP contribution >= 0.6 is 11.3 Å². The standard InChI is InChI=1S/C8H10OS/c1-7-5-10-6-8(7)3-2-4-9/h4-6H,2-3H2,1H3. The van der Waals surface area contributed by atoms with Crippen molar-refractivity contribution in [3.63, 3.8) is 0 Å². The Labute approximate surface area is 64.7 Å². The van der Waals surface area contributed by atoms with Gasteiger partial charge in [0.15, 0.2) is 0 Å². The lowest BCUT2D eigenvalue weighted by molar-refractivity contribution is -0.107. The van der Waals surface area contributed by atoms with Crippen LogP contribution in [0, 0.1) is 6.92 Å². The minimum absolute atomic E-state index is 0.650. The lowest BCUT2D eigenvalue weighted by Gasteiger charge is -1.92. The van der Waals surface area contributed by atoms with Gasteiger partial charge in [0.25, 0.3) is 0 Å². The van der Waals surface area contributed by atoms with E-state index in [2.05, 4.69) is 17.7 Å². The van der Waals surface area contributed by atoms with E-state index in [1.165, 1.54) is 11.1 Å². The van der Waals surface area contributed by atoms with Crippen molar-refractivity contribution < 1.29 is 4.79 Å². The molecule has 0 aromatic carbocycles. The van der Waals surface area contributed by atoms with E-state index < -0.39 is 0 Å². The van der Waals surface area contributed by atoms with Crippen molar-refractivity contribution >= 4 is 17.6 Å². The SMILES string of the molecule is Cc1cscc1CCC=O. The number of rotatable bonds is 3. The summed E-state index contributed by atoms with van der Waals surface area (Å²) in [5, 5.41) is 4.22. The highest BCUT2D eigenvalue weighted by atomic mass is 32.1. The molecule has 0 atom stereocenters. The average molecular weight is 154 g/mol. The number of carbonyl (C=O) groups excluding carboxylic acids is 1. The van der Waals surface area contributed by atoms with E-state index in [4.69, 9.17) is 0 Å². The molecule has 0 aliphatic carbocycles. The maximum Gasteiger partial charge on any atom is 0.120 e. The van der Waals surface area contributed by atoms with Gasteiger partial charge in [-0.2, -0.15) is 11.3 Å². The number of hydrogen-bond donors (Lipinski definition) is 0. The van der Waals surface area contributed by atoms with Gasteiger partial charge in [-0.3, -0.25) is 0 Å². The third kappa shape index (κ3) is 1.67. The first kappa shape index (κ1) is 7.48. The van der Waals surface area contributed by atoms with Crippen molar-refractivity contribution in [1.82, 2.24) is 0 Å². The highest BCUT2D eigenvalue weighted by Gasteiger charge is 1.96. The van der Waals surface area contributed by atoms with E-state index >= 15 is 0 Å². The van der Waals surface area contributed by atoms with Crippen LogP contribution in [0.5, 0.6) is 0 Å². The molecule has 0 aliphatic rings. The molecule has 0 N–H and O–H groups in total. The second-order valence-corrected chi connectivity index (χ2v) is 3.03. The monoisotopic (exact) mass is 154 g/mol. The van der Waals surface area contributed by atoms with Crippen molar-refractivity contribution in [2.24, 2.45) is 0 Å². The summed E-state index contributed by atoms with van der Waals surface area (Å²) >= 11 is 1.70. The van der Waals surface area contributed by atoms with Crippen LogP contribution in [0.1, 0.15) is 17.5 Å². The van der Waals surface area contributed by atoms with E-state index in [9.17, 15) is 4.79 Å². The fraction of sp³-hybridized carbons (Fsp3) is 0.375. The summed E-state index contributed by atoms with van der Waals surface area (Å²) in [6.07, 6.45) is 2.52. The molecule has 0 spiro atoms.